The Balaban J connectivity index is 1.39. The summed E-state index contributed by atoms with van der Waals surface area (Å²) in [4.78, 5) is 2.54. The summed E-state index contributed by atoms with van der Waals surface area (Å²) < 4.78 is 2.06. The summed E-state index contributed by atoms with van der Waals surface area (Å²) in [7, 11) is 2.07. The van der Waals surface area contributed by atoms with Gasteiger partial charge in [-0.05, 0) is 43.0 Å². The molecule has 0 amide bonds. The molecule has 0 spiro atoms. The Labute approximate surface area is 161 Å². The Hall–Kier alpha value is -2.33. The van der Waals surface area contributed by atoms with Crippen LogP contribution in [0, 0.1) is 0 Å². The second-order valence-electron chi connectivity index (χ2n) is 8.12. The van der Waals surface area contributed by atoms with E-state index in [1.54, 1.807) is 0 Å². The minimum Gasteiger partial charge on any atom is -0.369 e. The first-order chi connectivity index (χ1) is 13.3. The SMILES string of the molecule is Cn1nc(C2CCC2)c2cc(N3CCN[C@@H](Cc4ccccc4)C3)ccc21. The predicted octanol–water partition coefficient (Wildman–Crippen LogP) is 3.86. The van der Waals surface area contributed by atoms with Crippen molar-refractivity contribution in [2.45, 2.75) is 37.6 Å². The van der Waals surface area contributed by atoms with Gasteiger partial charge >= 0.3 is 0 Å². The maximum atomic E-state index is 4.85. The number of anilines is 1. The molecule has 0 radical (unpaired) electrons. The molecule has 4 heteroatoms. The Bertz CT molecular complexity index is 926. The first-order valence-corrected chi connectivity index (χ1v) is 10.3. The molecule has 1 aromatic heterocycles. The molecule has 3 aromatic rings. The van der Waals surface area contributed by atoms with Crippen LogP contribution in [0.5, 0.6) is 0 Å². The van der Waals surface area contributed by atoms with Gasteiger partial charge in [-0.2, -0.15) is 5.10 Å². The number of aromatic nitrogens is 2. The van der Waals surface area contributed by atoms with E-state index in [2.05, 4.69) is 70.5 Å². The summed E-state index contributed by atoms with van der Waals surface area (Å²) in [5.41, 5.74) is 5.33. The number of aryl methyl sites for hydroxylation is 1. The van der Waals surface area contributed by atoms with Crippen molar-refractivity contribution in [3.05, 3.63) is 59.8 Å². The zero-order chi connectivity index (χ0) is 18.2. The van der Waals surface area contributed by atoms with Gasteiger partial charge < -0.3 is 10.2 Å². The number of fused-ring (bicyclic) bond motifs is 1. The van der Waals surface area contributed by atoms with E-state index in [0.29, 0.717) is 12.0 Å². The molecule has 5 rings (SSSR count). The van der Waals surface area contributed by atoms with Crippen LogP contribution in [0.1, 0.15) is 36.4 Å². The predicted molar refractivity (Wildman–Crippen MR) is 111 cm³/mol. The van der Waals surface area contributed by atoms with E-state index in [1.807, 2.05) is 0 Å². The van der Waals surface area contributed by atoms with Gasteiger partial charge in [-0.1, -0.05) is 36.8 Å². The Morgan fingerprint density at radius 1 is 1.11 bits per heavy atom. The molecule has 1 atom stereocenters. The molecule has 1 N–H and O–H groups in total. The van der Waals surface area contributed by atoms with Crippen LogP contribution in [0.3, 0.4) is 0 Å². The summed E-state index contributed by atoms with van der Waals surface area (Å²) in [6, 6.07) is 18.2. The highest BCUT2D eigenvalue weighted by Crippen LogP contribution is 2.39. The van der Waals surface area contributed by atoms with Crippen LogP contribution in [-0.2, 0) is 13.5 Å². The van der Waals surface area contributed by atoms with Crippen molar-refractivity contribution >= 4 is 16.6 Å². The smallest absolute Gasteiger partial charge is 0.0734 e. The molecule has 0 bridgehead atoms. The molecular weight excluding hydrogens is 332 g/mol. The first kappa shape index (κ1) is 16.8. The third kappa shape index (κ3) is 3.23. The zero-order valence-electron chi connectivity index (χ0n) is 16.1. The molecular formula is C23H28N4. The summed E-state index contributed by atoms with van der Waals surface area (Å²) >= 11 is 0. The third-order valence-corrected chi connectivity index (χ3v) is 6.30. The van der Waals surface area contributed by atoms with Crippen molar-refractivity contribution in [2.75, 3.05) is 24.5 Å². The number of rotatable bonds is 4. The number of nitrogens with one attached hydrogen (secondary N) is 1. The van der Waals surface area contributed by atoms with Crippen molar-refractivity contribution in [3.63, 3.8) is 0 Å². The topological polar surface area (TPSA) is 33.1 Å². The van der Waals surface area contributed by atoms with Gasteiger partial charge in [0.25, 0.3) is 0 Å². The highest BCUT2D eigenvalue weighted by Gasteiger charge is 2.26. The zero-order valence-corrected chi connectivity index (χ0v) is 16.1. The van der Waals surface area contributed by atoms with E-state index < -0.39 is 0 Å². The molecule has 4 nitrogen and oxygen atoms in total. The lowest BCUT2D eigenvalue weighted by Crippen LogP contribution is -2.51. The van der Waals surface area contributed by atoms with Gasteiger partial charge in [0.15, 0.2) is 0 Å². The number of piperazine rings is 1. The highest BCUT2D eigenvalue weighted by molar-refractivity contribution is 5.86. The normalized spacial score (nSPS) is 20.8. The van der Waals surface area contributed by atoms with Crippen molar-refractivity contribution in [2.24, 2.45) is 7.05 Å². The lowest BCUT2D eigenvalue weighted by atomic mass is 9.82. The van der Waals surface area contributed by atoms with E-state index in [-0.39, 0.29) is 0 Å². The minimum atomic E-state index is 0.497. The largest absolute Gasteiger partial charge is 0.369 e. The molecule has 2 aromatic carbocycles. The molecule has 1 saturated heterocycles. The molecule has 27 heavy (non-hydrogen) atoms. The van der Waals surface area contributed by atoms with E-state index in [0.717, 1.165) is 26.1 Å². The minimum absolute atomic E-state index is 0.497. The molecule has 1 aliphatic heterocycles. The van der Waals surface area contributed by atoms with Gasteiger partial charge in [-0.25, -0.2) is 0 Å². The van der Waals surface area contributed by atoms with Crippen LogP contribution in [0.4, 0.5) is 5.69 Å². The lowest BCUT2D eigenvalue weighted by Gasteiger charge is -2.35. The third-order valence-electron chi connectivity index (χ3n) is 6.30. The van der Waals surface area contributed by atoms with Gasteiger partial charge in [0.2, 0.25) is 0 Å². The molecule has 0 unspecified atom stereocenters. The fraction of sp³-hybridized carbons (Fsp3) is 0.435. The molecule has 1 aliphatic carbocycles. The molecule has 2 fully saturated rings. The average molecular weight is 361 g/mol. The maximum Gasteiger partial charge on any atom is 0.0734 e. The molecule has 140 valence electrons. The Morgan fingerprint density at radius 3 is 2.74 bits per heavy atom. The van der Waals surface area contributed by atoms with Crippen molar-refractivity contribution in [1.29, 1.82) is 0 Å². The van der Waals surface area contributed by atoms with Crippen LogP contribution in [0.2, 0.25) is 0 Å². The second kappa shape index (κ2) is 7.01. The van der Waals surface area contributed by atoms with E-state index in [9.17, 15) is 0 Å². The molecule has 1 saturated carbocycles. The van der Waals surface area contributed by atoms with E-state index in [1.165, 1.54) is 47.1 Å². The summed E-state index contributed by atoms with van der Waals surface area (Å²) in [6.45, 7) is 3.16. The summed E-state index contributed by atoms with van der Waals surface area (Å²) in [5, 5.41) is 9.91. The second-order valence-corrected chi connectivity index (χ2v) is 8.12. The Kier molecular flexibility index (Phi) is 4.36. The van der Waals surface area contributed by atoms with Crippen molar-refractivity contribution in [3.8, 4) is 0 Å². The average Bonchev–Trinajstić information content (AvgIpc) is 2.97. The first-order valence-electron chi connectivity index (χ1n) is 10.3. The lowest BCUT2D eigenvalue weighted by molar-refractivity contribution is 0.410. The van der Waals surface area contributed by atoms with E-state index in [4.69, 9.17) is 5.10 Å². The fourth-order valence-corrected chi connectivity index (χ4v) is 4.56. The summed E-state index contributed by atoms with van der Waals surface area (Å²) in [5.74, 6) is 0.665. The van der Waals surface area contributed by atoms with Crippen LogP contribution >= 0.6 is 0 Å². The Morgan fingerprint density at radius 2 is 1.96 bits per heavy atom. The number of benzene rings is 2. The number of nitrogens with zero attached hydrogens (tertiary/aromatic N) is 3. The monoisotopic (exact) mass is 360 g/mol. The number of hydrogen-bond acceptors (Lipinski definition) is 3. The fourth-order valence-electron chi connectivity index (χ4n) is 4.56. The quantitative estimate of drug-likeness (QED) is 0.767. The molecule has 2 heterocycles. The standard InChI is InChI=1S/C23H28N4/c1-26-22-11-10-20(15-21(22)23(25-26)18-8-5-9-18)27-13-12-24-19(16-27)14-17-6-3-2-4-7-17/h2-4,6-7,10-11,15,18-19,24H,5,8-9,12-14,16H2,1H3/t19-/m0/s1. The van der Waals surface area contributed by atoms with Gasteiger partial charge in [0.05, 0.1) is 11.2 Å². The highest BCUT2D eigenvalue weighted by atomic mass is 15.3. The number of hydrogen-bond donors (Lipinski definition) is 1. The van der Waals surface area contributed by atoms with Crippen LogP contribution < -0.4 is 10.2 Å². The van der Waals surface area contributed by atoms with Crippen molar-refractivity contribution in [1.82, 2.24) is 15.1 Å². The molecule has 2 aliphatic rings. The maximum absolute atomic E-state index is 4.85. The van der Waals surface area contributed by atoms with Crippen LogP contribution in [-0.4, -0.2) is 35.5 Å². The van der Waals surface area contributed by atoms with Gasteiger partial charge in [0.1, 0.15) is 0 Å². The van der Waals surface area contributed by atoms with Gasteiger partial charge in [0, 0.05) is 49.7 Å². The van der Waals surface area contributed by atoms with Crippen molar-refractivity contribution < 1.29 is 0 Å². The van der Waals surface area contributed by atoms with Crippen LogP contribution in [0.25, 0.3) is 10.9 Å². The van der Waals surface area contributed by atoms with Gasteiger partial charge in [-0.15, -0.1) is 0 Å². The van der Waals surface area contributed by atoms with Gasteiger partial charge in [-0.3, -0.25) is 4.68 Å². The summed E-state index contributed by atoms with van der Waals surface area (Å²) in [6.07, 6.45) is 5.02. The van der Waals surface area contributed by atoms with Crippen LogP contribution in [0.15, 0.2) is 48.5 Å². The van der Waals surface area contributed by atoms with E-state index >= 15 is 0 Å².